The van der Waals surface area contributed by atoms with Crippen LogP contribution in [0.5, 0.6) is 0 Å². The number of aromatic nitrogens is 1. The predicted molar refractivity (Wildman–Crippen MR) is 67.2 cm³/mol. The van der Waals surface area contributed by atoms with E-state index in [1.54, 1.807) is 0 Å². The van der Waals surface area contributed by atoms with Crippen molar-refractivity contribution < 1.29 is 0 Å². The monoisotopic (exact) mass is 218 g/mol. The second-order valence-electron chi connectivity index (χ2n) is 4.86. The second-order valence-corrected chi connectivity index (χ2v) is 4.86. The molecular weight excluding hydrogens is 196 g/mol. The van der Waals surface area contributed by atoms with Crippen molar-refractivity contribution in [3.8, 4) is 0 Å². The minimum atomic E-state index is 0.715. The lowest BCUT2D eigenvalue weighted by Crippen LogP contribution is -2.31. The summed E-state index contributed by atoms with van der Waals surface area (Å²) < 4.78 is 0. The topological polar surface area (TPSA) is 24.9 Å². The average Bonchev–Trinajstić information content (AvgIpc) is 2.74. The highest BCUT2D eigenvalue weighted by molar-refractivity contribution is 5.09. The van der Waals surface area contributed by atoms with Gasteiger partial charge in [0.15, 0.2) is 0 Å². The molecule has 88 valence electrons. The fourth-order valence-corrected chi connectivity index (χ4v) is 2.73. The van der Waals surface area contributed by atoms with E-state index in [1.807, 2.05) is 13.0 Å². The summed E-state index contributed by atoms with van der Waals surface area (Å²) in [5, 5.41) is 3.66. The summed E-state index contributed by atoms with van der Waals surface area (Å²) in [7, 11) is 0. The summed E-state index contributed by atoms with van der Waals surface area (Å²) in [6, 6.07) is 6.96. The quantitative estimate of drug-likeness (QED) is 0.840. The van der Waals surface area contributed by atoms with Crippen molar-refractivity contribution in [3.63, 3.8) is 0 Å². The van der Waals surface area contributed by atoms with Crippen LogP contribution in [0.1, 0.15) is 44.0 Å². The Bertz CT molecular complexity index is 335. The third-order valence-electron chi connectivity index (χ3n) is 3.67. The molecule has 1 saturated carbocycles. The van der Waals surface area contributed by atoms with Crippen LogP contribution in [0.15, 0.2) is 18.2 Å². The van der Waals surface area contributed by atoms with Crippen LogP contribution in [-0.4, -0.2) is 11.0 Å². The van der Waals surface area contributed by atoms with E-state index in [0.29, 0.717) is 6.04 Å². The largest absolute Gasteiger partial charge is 0.308 e. The number of rotatable bonds is 4. The summed E-state index contributed by atoms with van der Waals surface area (Å²) >= 11 is 0. The Morgan fingerprint density at radius 1 is 1.38 bits per heavy atom. The van der Waals surface area contributed by atoms with E-state index in [4.69, 9.17) is 0 Å². The maximum Gasteiger partial charge on any atom is 0.0544 e. The Hall–Kier alpha value is -0.890. The molecule has 16 heavy (non-hydrogen) atoms. The normalized spacial score (nSPS) is 24.9. The molecule has 0 aliphatic heterocycles. The molecule has 2 atom stereocenters. The van der Waals surface area contributed by atoms with Gasteiger partial charge in [0.2, 0.25) is 0 Å². The average molecular weight is 218 g/mol. The van der Waals surface area contributed by atoms with Crippen molar-refractivity contribution in [1.82, 2.24) is 10.3 Å². The summed E-state index contributed by atoms with van der Waals surface area (Å²) in [5.41, 5.74) is 2.28. The zero-order chi connectivity index (χ0) is 11.4. The van der Waals surface area contributed by atoms with Gasteiger partial charge in [-0.1, -0.05) is 25.8 Å². The molecule has 1 aliphatic rings. The van der Waals surface area contributed by atoms with Crippen molar-refractivity contribution >= 4 is 0 Å². The third kappa shape index (κ3) is 2.82. The van der Waals surface area contributed by atoms with E-state index in [0.717, 1.165) is 18.2 Å². The molecule has 1 aromatic heterocycles. The molecule has 0 spiro atoms. The minimum absolute atomic E-state index is 0.715. The standard InChI is InChI=1S/C14H22N2/c1-3-12-7-5-9-14(12)15-10-13-8-4-6-11(2)16-13/h4,6,8,12,14-15H,3,5,7,9-10H2,1-2H3. The predicted octanol–water partition coefficient (Wildman–Crippen LogP) is 3.06. The Morgan fingerprint density at radius 3 is 3.00 bits per heavy atom. The highest BCUT2D eigenvalue weighted by Crippen LogP contribution is 2.28. The van der Waals surface area contributed by atoms with Crippen LogP contribution in [-0.2, 0) is 6.54 Å². The van der Waals surface area contributed by atoms with Gasteiger partial charge in [0.05, 0.1) is 5.69 Å². The number of hydrogen-bond acceptors (Lipinski definition) is 2. The van der Waals surface area contributed by atoms with Crippen molar-refractivity contribution in [2.24, 2.45) is 5.92 Å². The Kier molecular flexibility index (Phi) is 3.94. The summed E-state index contributed by atoms with van der Waals surface area (Å²) in [6.45, 7) is 5.27. The lowest BCUT2D eigenvalue weighted by Gasteiger charge is -2.19. The van der Waals surface area contributed by atoms with Gasteiger partial charge in [0.25, 0.3) is 0 Å². The maximum absolute atomic E-state index is 4.52. The van der Waals surface area contributed by atoms with Gasteiger partial charge < -0.3 is 5.32 Å². The lowest BCUT2D eigenvalue weighted by atomic mass is 10.0. The Labute approximate surface area is 98.5 Å². The molecule has 2 rings (SSSR count). The van der Waals surface area contributed by atoms with Crippen LogP contribution in [0.3, 0.4) is 0 Å². The highest BCUT2D eigenvalue weighted by atomic mass is 14.9. The van der Waals surface area contributed by atoms with Crippen molar-refractivity contribution in [1.29, 1.82) is 0 Å². The number of nitrogens with zero attached hydrogens (tertiary/aromatic N) is 1. The highest BCUT2D eigenvalue weighted by Gasteiger charge is 2.24. The van der Waals surface area contributed by atoms with Crippen LogP contribution in [0, 0.1) is 12.8 Å². The van der Waals surface area contributed by atoms with Crippen LogP contribution < -0.4 is 5.32 Å². The maximum atomic E-state index is 4.52. The van der Waals surface area contributed by atoms with Gasteiger partial charge in [-0.05, 0) is 37.8 Å². The minimum Gasteiger partial charge on any atom is -0.308 e. The van der Waals surface area contributed by atoms with Crippen LogP contribution >= 0.6 is 0 Å². The first-order valence-corrected chi connectivity index (χ1v) is 6.45. The van der Waals surface area contributed by atoms with E-state index < -0.39 is 0 Å². The fourth-order valence-electron chi connectivity index (χ4n) is 2.73. The lowest BCUT2D eigenvalue weighted by molar-refractivity contribution is 0.388. The van der Waals surface area contributed by atoms with Gasteiger partial charge in [-0.15, -0.1) is 0 Å². The second kappa shape index (κ2) is 5.44. The van der Waals surface area contributed by atoms with Gasteiger partial charge in [-0.25, -0.2) is 0 Å². The SMILES string of the molecule is CCC1CCCC1NCc1cccc(C)n1. The first-order valence-electron chi connectivity index (χ1n) is 6.45. The van der Waals surface area contributed by atoms with E-state index in [2.05, 4.69) is 29.4 Å². The molecule has 1 fully saturated rings. The molecule has 0 saturated heterocycles. The number of aryl methyl sites for hydroxylation is 1. The van der Waals surface area contributed by atoms with Crippen molar-refractivity contribution in [3.05, 3.63) is 29.6 Å². The van der Waals surface area contributed by atoms with Gasteiger partial charge in [0, 0.05) is 18.3 Å². The van der Waals surface area contributed by atoms with Crippen molar-refractivity contribution in [2.45, 2.75) is 52.1 Å². The number of hydrogen-bond donors (Lipinski definition) is 1. The Morgan fingerprint density at radius 2 is 2.25 bits per heavy atom. The van der Waals surface area contributed by atoms with E-state index in [9.17, 15) is 0 Å². The molecule has 0 aromatic carbocycles. The molecule has 1 aliphatic carbocycles. The number of nitrogens with one attached hydrogen (secondary N) is 1. The molecule has 1 N–H and O–H groups in total. The molecule has 0 bridgehead atoms. The molecule has 2 unspecified atom stereocenters. The van der Waals surface area contributed by atoms with Gasteiger partial charge >= 0.3 is 0 Å². The van der Waals surface area contributed by atoms with Gasteiger partial charge in [0.1, 0.15) is 0 Å². The zero-order valence-electron chi connectivity index (χ0n) is 10.4. The van der Waals surface area contributed by atoms with Crippen LogP contribution in [0.25, 0.3) is 0 Å². The number of pyridine rings is 1. The smallest absolute Gasteiger partial charge is 0.0544 e. The van der Waals surface area contributed by atoms with E-state index in [1.165, 1.54) is 31.4 Å². The van der Waals surface area contributed by atoms with E-state index >= 15 is 0 Å². The summed E-state index contributed by atoms with van der Waals surface area (Å²) in [4.78, 5) is 4.52. The molecule has 0 amide bonds. The Balaban J connectivity index is 1.87. The van der Waals surface area contributed by atoms with Gasteiger partial charge in [-0.3, -0.25) is 4.98 Å². The fraction of sp³-hybridized carbons (Fsp3) is 0.643. The molecule has 1 aromatic rings. The van der Waals surface area contributed by atoms with Crippen LogP contribution in [0.4, 0.5) is 0 Å². The van der Waals surface area contributed by atoms with Crippen molar-refractivity contribution in [2.75, 3.05) is 0 Å². The third-order valence-corrected chi connectivity index (χ3v) is 3.67. The first-order chi connectivity index (χ1) is 7.79. The molecule has 0 radical (unpaired) electrons. The molecular formula is C14H22N2. The summed E-state index contributed by atoms with van der Waals surface area (Å²) in [6.07, 6.45) is 5.43. The van der Waals surface area contributed by atoms with E-state index in [-0.39, 0.29) is 0 Å². The first kappa shape index (κ1) is 11.6. The summed E-state index contributed by atoms with van der Waals surface area (Å²) in [5.74, 6) is 0.879. The molecule has 2 nitrogen and oxygen atoms in total. The molecule has 2 heteroatoms. The molecule has 1 heterocycles. The van der Waals surface area contributed by atoms with Crippen LogP contribution in [0.2, 0.25) is 0 Å². The van der Waals surface area contributed by atoms with Gasteiger partial charge in [-0.2, -0.15) is 0 Å². The zero-order valence-corrected chi connectivity index (χ0v) is 10.4.